The Labute approximate surface area is 161 Å². The Morgan fingerprint density at radius 3 is 2.68 bits per heavy atom. The number of benzene rings is 2. The number of nitrogens with zero attached hydrogens (tertiary/aromatic N) is 4. The zero-order valence-electron chi connectivity index (χ0n) is 15.5. The van der Waals surface area contributed by atoms with Gasteiger partial charge in [0.1, 0.15) is 5.75 Å². The van der Waals surface area contributed by atoms with Crippen molar-refractivity contribution in [2.45, 2.75) is 19.5 Å². The van der Waals surface area contributed by atoms with Gasteiger partial charge in [-0.2, -0.15) is 0 Å². The number of aryl methyl sites for hydroxylation is 2. The first kappa shape index (κ1) is 17.8. The molecule has 0 unspecified atom stereocenters. The van der Waals surface area contributed by atoms with Crippen LogP contribution in [-0.2, 0) is 13.1 Å². The average Bonchev–Trinajstić information content (AvgIpc) is 3.24. The summed E-state index contributed by atoms with van der Waals surface area (Å²) in [6.45, 7) is 1.22. The van der Waals surface area contributed by atoms with Gasteiger partial charge in [0.05, 0.1) is 30.0 Å². The Morgan fingerprint density at radius 1 is 1.04 bits per heavy atom. The second-order valence-corrected chi connectivity index (χ2v) is 6.45. The molecular formula is C21H20N4O3. The predicted molar refractivity (Wildman–Crippen MR) is 107 cm³/mol. The minimum atomic E-state index is -0.359. The third-order valence-corrected chi connectivity index (χ3v) is 4.72. The Balaban J connectivity index is 1.83. The summed E-state index contributed by atoms with van der Waals surface area (Å²) in [5.74, 6) is 0.587. The molecule has 0 aliphatic carbocycles. The van der Waals surface area contributed by atoms with Gasteiger partial charge in [-0.3, -0.25) is 9.36 Å². The number of rotatable bonds is 6. The first-order valence-electron chi connectivity index (χ1n) is 9.04. The molecule has 142 valence electrons. The third kappa shape index (κ3) is 3.22. The van der Waals surface area contributed by atoms with Crippen LogP contribution in [0.3, 0.4) is 0 Å². The quantitative estimate of drug-likeness (QED) is 0.518. The molecule has 7 nitrogen and oxygen atoms in total. The van der Waals surface area contributed by atoms with Crippen LogP contribution in [-0.4, -0.2) is 25.8 Å². The largest absolute Gasteiger partial charge is 0.497 e. The minimum absolute atomic E-state index is 0.334. The number of fused-ring (bicyclic) bond motifs is 1. The van der Waals surface area contributed by atoms with E-state index in [4.69, 9.17) is 4.74 Å². The maximum absolute atomic E-state index is 13.3. The molecule has 0 amide bonds. The molecule has 2 heterocycles. The lowest BCUT2D eigenvalue weighted by Gasteiger charge is -2.14. The summed E-state index contributed by atoms with van der Waals surface area (Å²) in [5, 5.41) is 0.507. The molecule has 0 aliphatic heterocycles. The van der Waals surface area contributed by atoms with E-state index in [9.17, 15) is 9.59 Å². The fourth-order valence-corrected chi connectivity index (χ4v) is 3.34. The van der Waals surface area contributed by atoms with Crippen LogP contribution >= 0.6 is 0 Å². The SMILES string of the molecule is COc1cccc(-n2c(=O)c3ccccc3n(CCCn3ccnc3)c2=O)c1. The van der Waals surface area contributed by atoms with Crippen LogP contribution in [0.5, 0.6) is 5.75 Å². The first-order chi connectivity index (χ1) is 13.7. The number of hydrogen-bond acceptors (Lipinski definition) is 4. The van der Waals surface area contributed by atoms with Crippen LogP contribution in [0.25, 0.3) is 16.6 Å². The molecule has 4 aromatic rings. The summed E-state index contributed by atoms with van der Waals surface area (Å²) in [7, 11) is 1.55. The molecule has 2 aromatic carbocycles. The Kier molecular flexibility index (Phi) is 4.80. The van der Waals surface area contributed by atoms with Gasteiger partial charge in [0.15, 0.2) is 0 Å². The average molecular weight is 376 g/mol. The molecule has 0 saturated heterocycles. The number of aromatic nitrogens is 4. The molecular weight excluding hydrogens is 356 g/mol. The topological polar surface area (TPSA) is 71.0 Å². The predicted octanol–water partition coefficient (Wildman–Crippen LogP) is 2.45. The zero-order valence-corrected chi connectivity index (χ0v) is 15.5. The number of hydrogen-bond donors (Lipinski definition) is 0. The number of ether oxygens (including phenoxy) is 1. The molecule has 0 aliphatic rings. The van der Waals surface area contributed by atoms with E-state index in [1.165, 1.54) is 4.57 Å². The van der Waals surface area contributed by atoms with Crippen molar-refractivity contribution in [2.75, 3.05) is 7.11 Å². The summed E-state index contributed by atoms with van der Waals surface area (Å²) >= 11 is 0. The number of imidazole rings is 1. The Morgan fingerprint density at radius 2 is 1.89 bits per heavy atom. The summed E-state index contributed by atoms with van der Waals surface area (Å²) in [6.07, 6.45) is 6.09. The highest BCUT2D eigenvalue weighted by molar-refractivity contribution is 5.78. The normalized spacial score (nSPS) is 11.0. The van der Waals surface area contributed by atoms with Crippen molar-refractivity contribution in [2.24, 2.45) is 0 Å². The van der Waals surface area contributed by atoms with Crippen molar-refractivity contribution >= 4 is 10.9 Å². The van der Waals surface area contributed by atoms with E-state index in [0.29, 0.717) is 28.9 Å². The van der Waals surface area contributed by atoms with Gasteiger partial charge < -0.3 is 9.30 Å². The van der Waals surface area contributed by atoms with Gasteiger partial charge in [0, 0.05) is 31.5 Å². The molecule has 0 fully saturated rings. The van der Waals surface area contributed by atoms with Crippen molar-refractivity contribution in [3.05, 3.63) is 88.1 Å². The van der Waals surface area contributed by atoms with E-state index in [-0.39, 0.29) is 11.2 Å². The number of methoxy groups -OCH3 is 1. The molecule has 0 atom stereocenters. The molecule has 7 heteroatoms. The van der Waals surface area contributed by atoms with Gasteiger partial charge in [-0.05, 0) is 30.7 Å². The van der Waals surface area contributed by atoms with E-state index in [1.54, 1.807) is 60.6 Å². The molecule has 2 aromatic heterocycles. The van der Waals surface area contributed by atoms with Gasteiger partial charge in [0.2, 0.25) is 0 Å². The summed E-state index contributed by atoms with van der Waals surface area (Å²) < 4.78 is 10.1. The van der Waals surface area contributed by atoms with Crippen molar-refractivity contribution in [3.8, 4) is 11.4 Å². The first-order valence-corrected chi connectivity index (χ1v) is 9.04. The standard InChI is InChI=1S/C21H20N4O3/c1-28-17-7-4-6-16(14-17)25-20(26)18-8-2-3-9-19(18)24(21(25)27)12-5-11-23-13-10-22-15-23/h2-4,6-10,13-15H,5,11-12H2,1H3. The van der Waals surface area contributed by atoms with Gasteiger partial charge in [-0.15, -0.1) is 0 Å². The van der Waals surface area contributed by atoms with E-state index < -0.39 is 0 Å². The van der Waals surface area contributed by atoms with Crippen LogP contribution in [0.1, 0.15) is 6.42 Å². The molecule has 0 bridgehead atoms. The van der Waals surface area contributed by atoms with Gasteiger partial charge in [-0.25, -0.2) is 14.3 Å². The third-order valence-electron chi connectivity index (χ3n) is 4.72. The van der Waals surface area contributed by atoms with Crippen LogP contribution in [0.15, 0.2) is 76.8 Å². The van der Waals surface area contributed by atoms with Gasteiger partial charge in [0.25, 0.3) is 5.56 Å². The van der Waals surface area contributed by atoms with Gasteiger partial charge >= 0.3 is 5.69 Å². The van der Waals surface area contributed by atoms with Crippen LogP contribution in [0.4, 0.5) is 0 Å². The maximum atomic E-state index is 13.3. The Hall–Kier alpha value is -3.61. The summed E-state index contributed by atoms with van der Waals surface area (Å²) in [5.41, 5.74) is 0.438. The second-order valence-electron chi connectivity index (χ2n) is 6.45. The molecule has 0 saturated carbocycles. The lowest BCUT2D eigenvalue weighted by atomic mass is 10.2. The van der Waals surface area contributed by atoms with Crippen LogP contribution in [0, 0.1) is 0 Å². The fraction of sp³-hybridized carbons (Fsp3) is 0.190. The van der Waals surface area contributed by atoms with E-state index in [2.05, 4.69) is 4.98 Å². The van der Waals surface area contributed by atoms with Gasteiger partial charge in [-0.1, -0.05) is 18.2 Å². The Bertz CT molecular complexity index is 1220. The van der Waals surface area contributed by atoms with E-state index >= 15 is 0 Å². The smallest absolute Gasteiger partial charge is 0.336 e. The van der Waals surface area contributed by atoms with Crippen molar-refractivity contribution in [3.63, 3.8) is 0 Å². The monoisotopic (exact) mass is 376 g/mol. The van der Waals surface area contributed by atoms with E-state index in [0.717, 1.165) is 13.0 Å². The maximum Gasteiger partial charge on any atom is 0.336 e. The lowest BCUT2D eigenvalue weighted by Crippen LogP contribution is -2.39. The molecule has 0 spiro atoms. The second kappa shape index (κ2) is 7.56. The van der Waals surface area contributed by atoms with Crippen molar-refractivity contribution in [1.29, 1.82) is 0 Å². The van der Waals surface area contributed by atoms with Crippen molar-refractivity contribution < 1.29 is 4.74 Å². The number of para-hydroxylation sites is 1. The highest BCUT2D eigenvalue weighted by atomic mass is 16.5. The highest BCUT2D eigenvalue weighted by Gasteiger charge is 2.14. The highest BCUT2D eigenvalue weighted by Crippen LogP contribution is 2.16. The summed E-state index contributed by atoms with van der Waals surface area (Å²) in [6, 6.07) is 14.2. The molecule has 28 heavy (non-hydrogen) atoms. The minimum Gasteiger partial charge on any atom is -0.497 e. The van der Waals surface area contributed by atoms with E-state index in [1.807, 2.05) is 22.9 Å². The molecule has 0 radical (unpaired) electrons. The zero-order chi connectivity index (χ0) is 19.5. The van der Waals surface area contributed by atoms with Crippen molar-refractivity contribution in [1.82, 2.24) is 18.7 Å². The van der Waals surface area contributed by atoms with Crippen LogP contribution < -0.4 is 16.0 Å². The molecule has 4 rings (SSSR count). The molecule has 0 N–H and O–H groups in total. The fourth-order valence-electron chi connectivity index (χ4n) is 3.34. The van der Waals surface area contributed by atoms with Crippen LogP contribution in [0.2, 0.25) is 0 Å². The lowest BCUT2D eigenvalue weighted by molar-refractivity contribution is 0.414. The summed E-state index contributed by atoms with van der Waals surface area (Å²) in [4.78, 5) is 30.4.